The first-order chi connectivity index (χ1) is 26.1. The van der Waals surface area contributed by atoms with Crippen molar-refractivity contribution in [2.24, 2.45) is 5.73 Å². The first kappa shape index (κ1) is 50.9. The topological polar surface area (TPSA) is 172 Å². The van der Waals surface area contributed by atoms with Crippen molar-refractivity contribution < 1.29 is 47.5 Å². The van der Waals surface area contributed by atoms with Crippen molar-refractivity contribution in [1.82, 2.24) is 0 Å². The van der Waals surface area contributed by atoms with Crippen molar-refractivity contribution in [1.29, 1.82) is 0 Å². The van der Waals surface area contributed by atoms with E-state index in [-0.39, 0.29) is 19.4 Å². The number of rotatable bonds is 36. The molecular weight excluding hydrogens is 709 g/mol. The van der Waals surface area contributed by atoms with Gasteiger partial charge < -0.3 is 25.2 Å². The zero-order chi connectivity index (χ0) is 40.0. The van der Waals surface area contributed by atoms with Gasteiger partial charge in [-0.1, -0.05) is 125 Å². The van der Waals surface area contributed by atoms with Crippen molar-refractivity contribution in [3.63, 3.8) is 0 Å². The highest BCUT2D eigenvalue weighted by atomic mass is 31.2. The molecule has 0 aromatic heterocycles. The summed E-state index contributed by atoms with van der Waals surface area (Å²) < 4.78 is 32.5. The quantitative estimate of drug-likeness (QED) is 0.0239. The second kappa shape index (κ2) is 36.9. The summed E-state index contributed by atoms with van der Waals surface area (Å²) in [5, 5.41) is 8.87. The third-order valence-electron chi connectivity index (χ3n) is 7.94. The number of phosphoric ester groups is 1. The highest BCUT2D eigenvalue weighted by Crippen LogP contribution is 2.43. The molecule has 0 aliphatic carbocycles. The van der Waals surface area contributed by atoms with Crippen LogP contribution in [0.3, 0.4) is 0 Å². The van der Waals surface area contributed by atoms with E-state index in [1.165, 1.54) is 12.8 Å². The molecule has 0 radical (unpaired) electrons. The normalized spacial score (nSPS) is 14.6. The van der Waals surface area contributed by atoms with E-state index in [1.54, 1.807) is 0 Å². The summed E-state index contributed by atoms with van der Waals surface area (Å²) >= 11 is 0. The average molecular weight is 780 g/mol. The van der Waals surface area contributed by atoms with Crippen LogP contribution in [0.2, 0.25) is 0 Å². The number of ether oxygens (including phenoxy) is 2. The number of aliphatic carboxylic acids is 1. The molecule has 12 heteroatoms. The van der Waals surface area contributed by atoms with Gasteiger partial charge in [0, 0.05) is 12.8 Å². The minimum Gasteiger partial charge on any atom is -0.480 e. The van der Waals surface area contributed by atoms with Gasteiger partial charge in [0.15, 0.2) is 6.10 Å². The fourth-order valence-electron chi connectivity index (χ4n) is 4.78. The molecule has 0 saturated heterocycles. The molecule has 1 unspecified atom stereocenters. The lowest BCUT2D eigenvalue weighted by atomic mass is 10.1. The van der Waals surface area contributed by atoms with Gasteiger partial charge in [-0.3, -0.25) is 23.4 Å². The first-order valence-electron chi connectivity index (χ1n) is 20.0. The van der Waals surface area contributed by atoms with Crippen molar-refractivity contribution >= 4 is 25.7 Å². The molecule has 3 atom stereocenters. The maximum absolute atomic E-state index is 12.6. The van der Waals surface area contributed by atoms with Crippen LogP contribution in [-0.4, -0.2) is 59.9 Å². The van der Waals surface area contributed by atoms with E-state index in [9.17, 15) is 23.8 Å². The maximum Gasteiger partial charge on any atom is 0.472 e. The summed E-state index contributed by atoms with van der Waals surface area (Å²) in [7, 11) is -4.73. The Labute approximate surface area is 325 Å². The van der Waals surface area contributed by atoms with Gasteiger partial charge in [0.25, 0.3) is 0 Å². The van der Waals surface area contributed by atoms with Gasteiger partial charge in [0.1, 0.15) is 12.6 Å². The lowest BCUT2D eigenvalue weighted by Gasteiger charge is -2.20. The summed E-state index contributed by atoms with van der Waals surface area (Å²) in [6.07, 6.45) is 42.6. The summed E-state index contributed by atoms with van der Waals surface area (Å²) in [4.78, 5) is 45.8. The summed E-state index contributed by atoms with van der Waals surface area (Å²) in [5.74, 6) is -2.45. The van der Waals surface area contributed by atoms with Gasteiger partial charge in [-0.25, -0.2) is 4.57 Å². The number of nitrogens with two attached hydrogens (primary N) is 1. The summed E-state index contributed by atoms with van der Waals surface area (Å²) in [6, 6.07) is -1.53. The Bertz CT molecular complexity index is 1190. The van der Waals surface area contributed by atoms with Gasteiger partial charge in [-0.05, 0) is 77.0 Å². The minimum absolute atomic E-state index is 0.116. The van der Waals surface area contributed by atoms with Crippen LogP contribution < -0.4 is 5.73 Å². The molecule has 0 aromatic rings. The number of phosphoric acid groups is 1. The number of carbonyl (C=O) groups is 3. The number of unbranched alkanes of at least 4 members (excludes halogenated alkanes) is 10. The fourth-order valence-corrected chi connectivity index (χ4v) is 5.55. The minimum atomic E-state index is -4.73. The van der Waals surface area contributed by atoms with Crippen molar-refractivity contribution in [3.8, 4) is 0 Å². The SMILES string of the molecule is CC/C=C\C/C=C\C/C=C\C/C=C\C/C=C\CCCCCC(=O)O[C@H](COC(=O)CCCCCCC/C=C\CCCC)COP(=O)(O)OC[C@H](N)C(=O)O. The van der Waals surface area contributed by atoms with Gasteiger partial charge in [0.05, 0.1) is 13.2 Å². The lowest BCUT2D eigenvalue weighted by molar-refractivity contribution is -0.161. The van der Waals surface area contributed by atoms with Crippen LogP contribution in [-0.2, 0) is 37.5 Å². The van der Waals surface area contributed by atoms with Crippen molar-refractivity contribution in [3.05, 3.63) is 72.9 Å². The highest BCUT2D eigenvalue weighted by molar-refractivity contribution is 7.47. The standard InChI is InChI=1S/C42H70NO10P/c1-3-5-7-9-11-13-15-16-17-18-19-20-21-22-24-26-28-30-32-34-41(45)53-38(36-51-54(48,49)52-37-39(43)42(46)47)35-50-40(44)33-31-29-27-25-23-14-12-10-8-6-4-2/h5,7,10-13,16-17,19-20,22,24,38-39H,3-4,6,8-9,14-15,18,21,23,25-37,43H2,1-2H3,(H,46,47)(H,48,49)/b7-5-,12-10-,13-11-,17-16-,20-19-,24-22-/t38-,39+/m1/s1. The van der Waals surface area contributed by atoms with Crippen LogP contribution in [0.15, 0.2) is 72.9 Å². The van der Waals surface area contributed by atoms with E-state index in [0.717, 1.165) is 89.9 Å². The van der Waals surface area contributed by atoms with Gasteiger partial charge in [-0.15, -0.1) is 0 Å². The monoisotopic (exact) mass is 779 g/mol. The molecule has 0 saturated carbocycles. The third-order valence-corrected chi connectivity index (χ3v) is 8.89. The van der Waals surface area contributed by atoms with Crippen LogP contribution in [0.4, 0.5) is 0 Å². The first-order valence-corrected chi connectivity index (χ1v) is 21.5. The predicted molar refractivity (Wildman–Crippen MR) is 217 cm³/mol. The number of carboxylic acids is 1. The van der Waals surface area contributed by atoms with Crippen LogP contribution in [0.1, 0.15) is 142 Å². The van der Waals surface area contributed by atoms with E-state index in [2.05, 4.69) is 91.3 Å². The average Bonchev–Trinajstić information content (AvgIpc) is 3.14. The molecular formula is C42H70NO10P. The van der Waals surface area contributed by atoms with Crippen molar-refractivity contribution in [2.75, 3.05) is 19.8 Å². The second-order valence-corrected chi connectivity index (χ2v) is 14.5. The number of allylic oxidation sites excluding steroid dienone is 12. The van der Waals surface area contributed by atoms with Crippen LogP contribution in [0, 0.1) is 0 Å². The van der Waals surface area contributed by atoms with Crippen molar-refractivity contribution in [2.45, 2.75) is 154 Å². The Hall–Kier alpha value is -3.08. The Morgan fingerprint density at radius 1 is 0.593 bits per heavy atom. The van der Waals surface area contributed by atoms with E-state index >= 15 is 0 Å². The molecule has 0 spiro atoms. The fraction of sp³-hybridized carbons (Fsp3) is 0.643. The number of hydrogen-bond acceptors (Lipinski definition) is 9. The zero-order valence-electron chi connectivity index (χ0n) is 33.0. The molecule has 0 rings (SSSR count). The lowest BCUT2D eigenvalue weighted by Crippen LogP contribution is -2.34. The third kappa shape index (κ3) is 35.9. The largest absolute Gasteiger partial charge is 0.480 e. The van der Waals surface area contributed by atoms with E-state index in [0.29, 0.717) is 12.8 Å². The number of carbonyl (C=O) groups excluding carboxylic acids is 2. The molecule has 308 valence electrons. The van der Waals surface area contributed by atoms with E-state index in [1.807, 2.05) is 0 Å². The molecule has 0 aliphatic heterocycles. The Morgan fingerprint density at radius 2 is 1.04 bits per heavy atom. The Morgan fingerprint density at radius 3 is 1.59 bits per heavy atom. The van der Waals surface area contributed by atoms with Crippen LogP contribution in [0.25, 0.3) is 0 Å². The number of carboxylic acid groups (broad SMARTS) is 1. The molecule has 0 aromatic carbocycles. The summed E-state index contributed by atoms with van der Waals surface area (Å²) in [6.45, 7) is 2.57. The molecule has 54 heavy (non-hydrogen) atoms. The summed E-state index contributed by atoms with van der Waals surface area (Å²) in [5.41, 5.74) is 5.32. The Kier molecular flexibility index (Phi) is 34.8. The molecule has 0 heterocycles. The number of hydrogen-bond donors (Lipinski definition) is 3. The molecule has 0 amide bonds. The maximum atomic E-state index is 12.6. The van der Waals surface area contributed by atoms with E-state index < -0.39 is 51.1 Å². The van der Waals surface area contributed by atoms with Crippen LogP contribution >= 0.6 is 7.82 Å². The van der Waals surface area contributed by atoms with Gasteiger partial charge in [0.2, 0.25) is 0 Å². The van der Waals surface area contributed by atoms with Crippen LogP contribution in [0.5, 0.6) is 0 Å². The Balaban J connectivity index is 4.49. The second-order valence-electron chi connectivity index (χ2n) is 13.0. The zero-order valence-corrected chi connectivity index (χ0v) is 33.9. The molecule has 4 N–H and O–H groups in total. The predicted octanol–water partition coefficient (Wildman–Crippen LogP) is 10.2. The molecule has 0 aliphatic rings. The highest BCUT2D eigenvalue weighted by Gasteiger charge is 2.28. The smallest absolute Gasteiger partial charge is 0.472 e. The van der Waals surface area contributed by atoms with E-state index in [4.69, 9.17) is 24.8 Å². The molecule has 0 bridgehead atoms. The molecule has 0 fully saturated rings. The number of esters is 2. The van der Waals surface area contributed by atoms with Gasteiger partial charge >= 0.3 is 25.7 Å². The molecule has 11 nitrogen and oxygen atoms in total. The van der Waals surface area contributed by atoms with Gasteiger partial charge in [-0.2, -0.15) is 0 Å².